The molecule has 0 spiro atoms. The molecule has 0 rings (SSSR count). The zero-order valence-corrected chi connectivity index (χ0v) is 11.6. The third-order valence-corrected chi connectivity index (χ3v) is 8.10. The molecule has 0 aromatic heterocycles. The quantitative estimate of drug-likeness (QED) is 0.348. The van der Waals surface area contributed by atoms with Crippen LogP contribution in [0.3, 0.4) is 0 Å². The van der Waals surface area contributed by atoms with E-state index in [0.29, 0.717) is 0 Å². The molecule has 0 aromatic rings. The predicted octanol–water partition coefficient (Wildman–Crippen LogP) is 4.56. The standard InChI is InChI=1S/C12H24Ge/c1-5-7-9-10-12-13(3,4)11-8-6-2/h6,8,11H,2,5,7,9-10,12H2,1,3-4H3/b11-8+. The van der Waals surface area contributed by atoms with E-state index in [0.717, 1.165) is 0 Å². The van der Waals surface area contributed by atoms with Gasteiger partial charge in [0.05, 0.1) is 0 Å². The summed E-state index contributed by atoms with van der Waals surface area (Å²) < 4.78 is 0. The number of unbranched alkanes of at least 4 members (excludes halogenated alkanes) is 3. The van der Waals surface area contributed by atoms with E-state index in [9.17, 15) is 0 Å². The van der Waals surface area contributed by atoms with Crippen molar-refractivity contribution < 1.29 is 0 Å². The molecule has 0 amide bonds. The second-order valence-corrected chi connectivity index (χ2v) is 14.5. The summed E-state index contributed by atoms with van der Waals surface area (Å²) in [6, 6.07) is 0. The Morgan fingerprint density at radius 2 is 1.85 bits per heavy atom. The van der Waals surface area contributed by atoms with Crippen LogP contribution in [0.25, 0.3) is 0 Å². The van der Waals surface area contributed by atoms with Crippen molar-refractivity contribution in [2.24, 2.45) is 0 Å². The van der Waals surface area contributed by atoms with Crippen LogP contribution in [0.1, 0.15) is 32.6 Å². The Bertz CT molecular complexity index is 157. The van der Waals surface area contributed by atoms with Gasteiger partial charge in [-0.2, -0.15) is 0 Å². The van der Waals surface area contributed by atoms with E-state index in [-0.39, 0.29) is 0 Å². The van der Waals surface area contributed by atoms with E-state index in [1.807, 2.05) is 6.08 Å². The van der Waals surface area contributed by atoms with Crippen molar-refractivity contribution in [1.82, 2.24) is 0 Å². The molecule has 0 saturated carbocycles. The van der Waals surface area contributed by atoms with Crippen molar-refractivity contribution in [2.45, 2.75) is 49.4 Å². The fourth-order valence-corrected chi connectivity index (χ4v) is 5.58. The molecular weight excluding hydrogens is 217 g/mol. The first kappa shape index (κ1) is 13.0. The maximum absolute atomic E-state index is 3.72. The van der Waals surface area contributed by atoms with Crippen LogP contribution in [0, 0.1) is 0 Å². The minimum absolute atomic E-state index is 1.34. The van der Waals surface area contributed by atoms with Gasteiger partial charge in [0.1, 0.15) is 0 Å². The average molecular weight is 241 g/mol. The summed E-state index contributed by atoms with van der Waals surface area (Å²) in [5.41, 5.74) is 0. The summed E-state index contributed by atoms with van der Waals surface area (Å²) in [6.45, 7) is 5.98. The van der Waals surface area contributed by atoms with Crippen LogP contribution in [0.4, 0.5) is 0 Å². The van der Waals surface area contributed by atoms with Gasteiger partial charge in [-0.05, 0) is 0 Å². The topological polar surface area (TPSA) is 0 Å². The van der Waals surface area contributed by atoms with Crippen LogP contribution in [0.5, 0.6) is 0 Å². The van der Waals surface area contributed by atoms with Gasteiger partial charge in [-0.25, -0.2) is 0 Å². The van der Waals surface area contributed by atoms with Crippen LogP contribution in [0.2, 0.25) is 16.8 Å². The summed E-state index contributed by atoms with van der Waals surface area (Å²) in [4.78, 5) is 2.44. The van der Waals surface area contributed by atoms with Gasteiger partial charge in [-0.15, -0.1) is 0 Å². The molecule has 76 valence electrons. The molecule has 0 radical (unpaired) electrons. The van der Waals surface area contributed by atoms with Crippen LogP contribution in [0.15, 0.2) is 23.6 Å². The Morgan fingerprint density at radius 1 is 1.15 bits per heavy atom. The van der Waals surface area contributed by atoms with Gasteiger partial charge in [0.15, 0.2) is 0 Å². The Hall–Kier alpha value is 0.0229. The van der Waals surface area contributed by atoms with E-state index >= 15 is 0 Å². The molecule has 1 heteroatoms. The van der Waals surface area contributed by atoms with Gasteiger partial charge >= 0.3 is 86.3 Å². The molecule has 0 fully saturated rings. The maximum atomic E-state index is 3.72. The molecule has 0 aromatic carbocycles. The molecule has 0 saturated heterocycles. The molecule has 0 bridgehead atoms. The second-order valence-electron chi connectivity index (χ2n) is 4.39. The van der Waals surface area contributed by atoms with Crippen molar-refractivity contribution >= 4 is 13.3 Å². The van der Waals surface area contributed by atoms with Crippen LogP contribution < -0.4 is 0 Å². The summed E-state index contributed by atoms with van der Waals surface area (Å²) >= 11 is -1.51. The van der Waals surface area contributed by atoms with Crippen molar-refractivity contribution in [3.63, 3.8) is 0 Å². The normalized spacial score (nSPS) is 12.2. The fraction of sp³-hybridized carbons (Fsp3) is 0.667. The third kappa shape index (κ3) is 8.36. The first-order valence-electron chi connectivity index (χ1n) is 5.42. The molecule has 0 atom stereocenters. The van der Waals surface area contributed by atoms with E-state index in [2.05, 4.69) is 36.0 Å². The number of allylic oxidation sites excluding steroid dienone is 2. The molecule has 0 nitrogen and oxygen atoms in total. The monoisotopic (exact) mass is 242 g/mol. The molecule has 0 aliphatic rings. The first-order valence-corrected chi connectivity index (χ1v) is 12.3. The van der Waals surface area contributed by atoms with Gasteiger partial charge in [-0.3, -0.25) is 0 Å². The average Bonchev–Trinajstić information content (AvgIpc) is 2.09. The summed E-state index contributed by atoms with van der Waals surface area (Å²) in [7, 11) is 0. The minimum atomic E-state index is -1.51. The van der Waals surface area contributed by atoms with E-state index in [1.54, 1.807) is 0 Å². The van der Waals surface area contributed by atoms with Gasteiger partial charge in [-0.1, -0.05) is 0 Å². The van der Waals surface area contributed by atoms with Crippen molar-refractivity contribution in [3.8, 4) is 0 Å². The van der Waals surface area contributed by atoms with Crippen LogP contribution in [-0.4, -0.2) is 13.3 Å². The van der Waals surface area contributed by atoms with Crippen molar-refractivity contribution in [2.75, 3.05) is 0 Å². The number of hydrogen-bond donors (Lipinski definition) is 0. The molecule has 0 N–H and O–H groups in total. The van der Waals surface area contributed by atoms with Crippen molar-refractivity contribution in [1.29, 1.82) is 0 Å². The number of rotatable bonds is 7. The predicted molar refractivity (Wildman–Crippen MR) is 65.8 cm³/mol. The molecule has 13 heavy (non-hydrogen) atoms. The van der Waals surface area contributed by atoms with E-state index in [1.165, 1.54) is 30.9 Å². The molecule has 0 aliphatic carbocycles. The summed E-state index contributed by atoms with van der Waals surface area (Å²) in [5.74, 6) is 4.96. The third-order valence-electron chi connectivity index (χ3n) is 2.36. The fourth-order valence-electron chi connectivity index (χ4n) is 1.42. The molecule has 0 heterocycles. The number of hydrogen-bond acceptors (Lipinski definition) is 0. The Morgan fingerprint density at radius 3 is 2.38 bits per heavy atom. The van der Waals surface area contributed by atoms with Gasteiger partial charge < -0.3 is 0 Å². The molecule has 0 unspecified atom stereocenters. The Balaban J connectivity index is 3.62. The summed E-state index contributed by atoms with van der Waals surface area (Å²) in [6.07, 6.45) is 9.65. The summed E-state index contributed by atoms with van der Waals surface area (Å²) in [5, 5.41) is 1.48. The van der Waals surface area contributed by atoms with E-state index in [4.69, 9.17) is 0 Å². The van der Waals surface area contributed by atoms with E-state index < -0.39 is 13.3 Å². The van der Waals surface area contributed by atoms with Gasteiger partial charge in [0, 0.05) is 0 Å². The SMILES string of the molecule is C=C/C=[CH]/[Ge]([CH3])([CH3])[CH2]CCCCC. The van der Waals surface area contributed by atoms with Crippen LogP contribution in [-0.2, 0) is 0 Å². The second kappa shape index (κ2) is 7.43. The zero-order valence-electron chi connectivity index (χ0n) is 9.47. The van der Waals surface area contributed by atoms with Crippen LogP contribution >= 0.6 is 0 Å². The first-order chi connectivity index (χ1) is 6.12. The molecule has 0 aliphatic heterocycles. The Kier molecular flexibility index (Phi) is 7.44. The van der Waals surface area contributed by atoms with Crippen molar-refractivity contribution in [3.05, 3.63) is 23.6 Å². The Labute approximate surface area is 86.5 Å². The van der Waals surface area contributed by atoms with Gasteiger partial charge in [0.2, 0.25) is 0 Å². The van der Waals surface area contributed by atoms with Gasteiger partial charge in [0.25, 0.3) is 0 Å². The zero-order chi connectivity index (χ0) is 10.2. The molecular formula is C12H24Ge.